The maximum atomic E-state index is 5.86. The van der Waals surface area contributed by atoms with Crippen LogP contribution in [0.4, 0.5) is 5.69 Å². The SMILES string of the molecule is COc1ccc(-n2cccc2[C@@H]2[C@@H](c3ccccn3)NC(=S)N2c2ccccc2OC)cc1. The molecule has 33 heavy (non-hydrogen) atoms. The number of benzene rings is 2. The highest BCUT2D eigenvalue weighted by molar-refractivity contribution is 7.80. The minimum atomic E-state index is -0.152. The van der Waals surface area contributed by atoms with Crippen LogP contribution in [0.25, 0.3) is 5.69 Å². The molecule has 5 rings (SSSR count). The summed E-state index contributed by atoms with van der Waals surface area (Å²) in [5.41, 5.74) is 3.94. The van der Waals surface area contributed by atoms with Gasteiger partial charge in [-0.3, -0.25) is 4.98 Å². The van der Waals surface area contributed by atoms with Gasteiger partial charge in [-0.1, -0.05) is 18.2 Å². The van der Waals surface area contributed by atoms with E-state index in [9.17, 15) is 0 Å². The number of thiocarbonyl (C=S) groups is 1. The van der Waals surface area contributed by atoms with Gasteiger partial charge in [0.05, 0.1) is 31.6 Å². The lowest BCUT2D eigenvalue weighted by atomic mass is 10.0. The lowest BCUT2D eigenvalue weighted by Gasteiger charge is -2.30. The van der Waals surface area contributed by atoms with Gasteiger partial charge in [-0.2, -0.15) is 0 Å². The Labute approximate surface area is 198 Å². The Kier molecular flexibility index (Phi) is 5.71. The molecule has 2 aromatic heterocycles. The van der Waals surface area contributed by atoms with Gasteiger partial charge < -0.3 is 24.3 Å². The van der Waals surface area contributed by atoms with Crippen molar-refractivity contribution in [2.45, 2.75) is 12.1 Å². The maximum absolute atomic E-state index is 5.86. The third kappa shape index (κ3) is 3.81. The summed E-state index contributed by atoms with van der Waals surface area (Å²) >= 11 is 5.86. The van der Waals surface area contributed by atoms with Crippen molar-refractivity contribution in [2.24, 2.45) is 0 Å². The molecule has 0 amide bonds. The summed E-state index contributed by atoms with van der Waals surface area (Å²) in [5, 5.41) is 4.14. The molecule has 7 heteroatoms. The van der Waals surface area contributed by atoms with Gasteiger partial charge >= 0.3 is 0 Å². The third-order valence-corrected chi connectivity index (χ3v) is 6.19. The summed E-state index contributed by atoms with van der Waals surface area (Å²) in [6.45, 7) is 0. The first-order valence-corrected chi connectivity index (χ1v) is 11.1. The number of ether oxygens (including phenoxy) is 2. The minimum absolute atomic E-state index is 0.143. The average molecular weight is 457 g/mol. The van der Waals surface area contributed by atoms with Gasteiger partial charge in [0.25, 0.3) is 0 Å². The van der Waals surface area contributed by atoms with Crippen molar-refractivity contribution in [3.05, 3.63) is 103 Å². The third-order valence-electron chi connectivity index (χ3n) is 5.88. The molecule has 0 radical (unpaired) electrons. The smallest absolute Gasteiger partial charge is 0.174 e. The van der Waals surface area contributed by atoms with E-state index in [4.69, 9.17) is 21.7 Å². The van der Waals surface area contributed by atoms with Crippen LogP contribution in [0.5, 0.6) is 11.5 Å². The zero-order valence-corrected chi connectivity index (χ0v) is 19.2. The standard InChI is InChI=1S/C26H24N4O2S/c1-31-19-14-12-18(13-15-19)29-17-7-10-22(29)25-24(20-8-5-6-16-27-20)28-26(33)30(25)21-9-3-4-11-23(21)32-2/h3-17,24-25H,1-2H3,(H,28,33)/t24-,25-/m1/s1. The number of methoxy groups -OCH3 is 2. The molecule has 1 aliphatic heterocycles. The number of anilines is 1. The van der Waals surface area contributed by atoms with E-state index in [1.807, 2.05) is 72.9 Å². The van der Waals surface area contributed by atoms with Gasteiger partial charge in [-0.15, -0.1) is 0 Å². The number of hydrogen-bond acceptors (Lipinski definition) is 4. The van der Waals surface area contributed by atoms with Crippen molar-refractivity contribution in [1.29, 1.82) is 0 Å². The van der Waals surface area contributed by atoms with Crippen molar-refractivity contribution in [3.8, 4) is 17.2 Å². The van der Waals surface area contributed by atoms with Crippen molar-refractivity contribution >= 4 is 23.0 Å². The molecular weight excluding hydrogens is 432 g/mol. The first kappa shape index (κ1) is 21.0. The molecular formula is C26H24N4O2S. The normalized spacial score (nSPS) is 17.6. The molecule has 0 aliphatic carbocycles. The monoisotopic (exact) mass is 456 g/mol. The van der Waals surface area contributed by atoms with Crippen molar-refractivity contribution in [2.75, 3.05) is 19.1 Å². The first-order chi connectivity index (χ1) is 16.2. The van der Waals surface area contributed by atoms with Crippen LogP contribution in [0.15, 0.2) is 91.3 Å². The highest BCUT2D eigenvalue weighted by atomic mass is 32.1. The zero-order chi connectivity index (χ0) is 22.8. The molecule has 0 spiro atoms. The largest absolute Gasteiger partial charge is 0.497 e. The van der Waals surface area contributed by atoms with Crippen LogP contribution in [0, 0.1) is 0 Å². The van der Waals surface area contributed by atoms with Crippen molar-refractivity contribution in [3.63, 3.8) is 0 Å². The summed E-state index contributed by atoms with van der Waals surface area (Å²) in [4.78, 5) is 6.77. The maximum Gasteiger partial charge on any atom is 0.174 e. The Balaban J connectivity index is 1.67. The molecule has 4 aromatic rings. The topological polar surface area (TPSA) is 51.5 Å². The Hall–Kier alpha value is -3.84. The highest BCUT2D eigenvalue weighted by Gasteiger charge is 2.43. The predicted molar refractivity (Wildman–Crippen MR) is 133 cm³/mol. The quantitative estimate of drug-likeness (QED) is 0.409. The number of nitrogens with zero attached hydrogens (tertiary/aromatic N) is 3. The van der Waals surface area contributed by atoms with Gasteiger partial charge in [0.15, 0.2) is 5.11 Å². The second kappa shape index (κ2) is 8.96. The summed E-state index contributed by atoms with van der Waals surface area (Å²) in [6, 6.07) is 25.8. The number of hydrogen-bond donors (Lipinski definition) is 1. The van der Waals surface area contributed by atoms with E-state index in [0.717, 1.165) is 34.3 Å². The second-order valence-electron chi connectivity index (χ2n) is 7.67. The molecule has 2 atom stereocenters. The Morgan fingerprint density at radius 2 is 1.67 bits per heavy atom. The van der Waals surface area contributed by atoms with Gasteiger partial charge in [0.1, 0.15) is 17.5 Å². The molecule has 1 saturated heterocycles. The number of aromatic nitrogens is 2. The molecule has 1 fully saturated rings. The fourth-order valence-corrected chi connectivity index (χ4v) is 4.70. The number of nitrogens with one attached hydrogen (secondary N) is 1. The van der Waals surface area contributed by atoms with Crippen LogP contribution in [0.1, 0.15) is 23.5 Å². The highest BCUT2D eigenvalue weighted by Crippen LogP contribution is 2.44. The van der Waals surface area contributed by atoms with E-state index < -0.39 is 0 Å². The zero-order valence-electron chi connectivity index (χ0n) is 18.4. The first-order valence-electron chi connectivity index (χ1n) is 10.7. The summed E-state index contributed by atoms with van der Waals surface area (Å²) in [6.07, 6.45) is 3.87. The van der Waals surface area contributed by atoms with Gasteiger partial charge in [-0.05, 0) is 72.9 Å². The molecule has 1 N–H and O–H groups in total. The van der Waals surface area contributed by atoms with Crippen LogP contribution in [-0.2, 0) is 0 Å². The van der Waals surface area contributed by atoms with E-state index in [2.05, 4.69) is 38.1 Å². The van der Waals surface area contributed by atoms with Crippen LogP contribution in [0.3, 0.4) is 0 Å². The Morgan fingerprint density at radius 3 is 2.39 bits per heavy atom. The Bertz CT molecular complexity index is 1260. The lowest BCUT2D eigenvalue weighted by molar-refractivity contribution is 0.414. The van der Waals surface area contributed by atoms with Gasteiger partial charge in [-0.25, -0.2) is 0 Å². The number of rotatable bonds is 6. The van der Waals surface area contributed by atoms with E-state index >= 15 is 0 Å². The molecule has 166 valence electrons. The Morgan fingerprint density at radius 1 is 0.879 bits per heavy atom. The average Bonchev–Trinajstić information content (AvgIpc) is 3.48. The van der Waals surface area contributed by atoms with Gasteiger partial charge in [0, 0.05) is 23.8 Å². The molecule has 0 saturated carbocycles. The van der Waals surface area contributed by atoms with E-state index in [1.54, 1.807) is 14.2 Å². The van der Waals surface area contributed by atoms with Gasteiger partial charge in [0.2, 0.25) is 0 Å². The molecule has 3 heterocycles. The molecule has 1 aliphatic rings. The van der Waals surface area contributed by atoms with Crippen molar-refractivity contribution < 1.29 is 9.47 Å². The lowest BCUT2D eigenvalue weighted by Crippen LogP contribution is -2.30. The van der Waals surface area contributed by atoms with Crippen LogP contribution in [-0.4, -0.2) is 28.9 Å². The van der Waals surface area contributed by atoms with Crippen LogP contribution in [0.2, 0.25) is 0 Å². The second-order valence-corrected chi connectivity index (χ2v) is 8.06. The summed E-state index contributed by atoms with van der Waals surface area (Å²) in [5.74, 6) is 1.58. The van der Waals surface area contributed by atoms with E-state index in [-0.39, 0.29) is 12.1 Å². The minimum Gasteiger partial charge on any atom is -0.497 e. The van der Waals surface area contributed by atoms with E-state index in [0.29, 0.717) is 5.11 Å². The summed E-state index contributed by atoms with van der Waals surface area (Å²) in [7, 11) is 3.35. The van der Waals surface area contributed by atoms with Crippen LogP contribution < -0.4 is 19.7 Å². The summed E-state index contributed by atoms with van der Waals surface area (Å²) < 4.78 is 13.2. The fraction of sp³-hybridized carbons (Fsp3) is 0.154. The van der Waals surface area contributed by atoms with Crippen LogP contribution >= 0.6 is 12.2 Å². The predicted octanol–water partition coefficient (Wildman–Crippen LogP) is 5.07. The fourth-order valence-electron chi connectivity index (χ4n) is 4.36. The molecule has 0 bridgehead atoms. The molecule has 6 nitrogen and oxygen atoms in total. The van der Waals surface area contributed by atoms with Crippen molar-refractivity contribution in [1.82, 2.24) is 14.9 Å². The van der Waals surface area contributed by atoms with E-state index in [1.165, 1.54) is 0 Å². The molecule has 2 aromatic carbocycles. The number of pyridine rings is 1. The molecule has 0 unspecified atom stereocenters. The number of para-hydroxylation sites is 2.